The van der Waals surface area contributed by atoms with E-state index in [0.717, 1.165) is 119 Å². The minimum absolute atomic E-state index is 0.00792. The summed E-state index contributed by atoms with van der Waals surface area (Å²) in [5.41, 5.74) is 12.3. The molecule has 0 saturated carbocycles. The van der Waals surface area contributed by atoms with Crippen molar-refractivity contribution in [2.45, 2.75) is 185 Å². The molecule has 0 N–H and O–H groups in total. The fourth-order valence-electron chi connectivity index (χ4n) is 13.4. The van der Waals surface area contributed by atoms with E-state index in [1.807, 2.05) is 269 Å². The lowest BCUT2D eigenvalue weighted by molar-refractivity contribution is -0.140. The summed E-state index contributed by atoms with van der Waals surface area (Å²) in [5.74, 6) is 4.90. The molecule has 0 amide bonds. The highest BCUT2D eigenvalue weighted by Crippen LogP contribution is 2.37. The number of rotatable bonds is 38. The van der Waals surface area contributed by atoms with Gasteiger partial charge in [0.05, 0.1) is 154 Å². The molecule has 0 bridgehead atoms. The van der Waals surface area contributed by atoms with Crippen molar-refractivity contribution in [1.29, 1.82) is 0 Å². The molecule has 0 fully saturated rings. The summed E-state index contributed by atoms with van der Waals surface area (Å²) < 4.78 is 65.6. The highest BCUT2D eigenvalue weighted by molar-refractivity contribution is 6.32. The maximum Gasteiger partial charge on any atom is 0.161 e. The van der Waals surface area contributed by atoms with Crippen LogP contribution in [0.3, 0.4) is 0 Å². The smallest absolute Gasteiger partial charge is 0.161 e. The Labute approximate surface area is 846 Å². The van der Waals surface area contributed by atoms with Crippen LogP contribution in [0.15, 0.2) is 279 Å². The van der Waals surface area contributed by atoms with Crippen molar-refractivity contribution < 1.29 is 71.3 Å². The van der Waals surface area contributed by atoms with E-state index in [0.29, 0.717) is 57.0 Å². The lowest BCUT2D eigenvalue weighted by atomic mass is 10.1. The van der Waals surface area contributed by atoms with Crippen molar-refractivity contribution in [2.24, 2.45) is 5.92 Å². The first-order valence-corrected chi connectivity index (χ1v) is 47.4. The molecule has 15 aromatic rings. The zero-order valence-electron chi connectivity index (χ0n) is 84.3. The average molecular weight is 1980 g/mol. The second-order valence-electron chi connectivity index (χ2n) is 36.4. The van der Waals surface area contributed by atoms with E-state index in [1.165, 1.54) is 27.7 Å². The van der Waals surface area contributed by atoms with E-state index in [1.54, 1.807) is 120 Å². The van der Waals surface area contributed by atoms with Gasteiger partial charge in [0.25, 0.3) is 0 Å². The number of ether oxygens (including phenoxy) is 10. The van der Waals surface area contributed by atoms with Gasteiger partial charge in [-0.1, -0.05) is 164 Å². The highest BCUT2D eigenvalue weighted by atomic mass is 35.5. The molecule has 26 nitrogen and oxygen atoms in total. The summed E-state index contributed by atoms with van der Waals surface area (Å²) in [6, 6.07) is 87.3. The van der Waals surface area contributed by atoms with Gasteiger partial charge in [0, 0.05) is 44.1 Å². The topological polar surface area (TPSA) is 280 Å². The minimum Gasteiger partial charge on any atom is -0.497 e. The van der Waals surface area contributed by atoms with Crippen LogP contribution in [0.2, 0.25) is 15.1 Å². The molecule has 0 atom stereocenters. The van der Waals surface area contributed by atoms with Gasteiger partial charge in [-0.25, -0.2) is 23.7 Å². The Morgan fingerprint density at radius 2 is 0.655 bits per heavy atom. The summed E-state index contributed by atoms with van der Waals surface area (Å²) in [6.45, 7) is 32.0. The van der Waals surface area contributed by atoms with Crippen molar-refractivity contribution in [3.63, 3.8) is 0 Å². The summed E-state index contributed by atoms with van der Waals surface area (Å²) in [6.07, 6.45) is 1.72. The molecule has 0 unspecified atom stereocenters. The molecule has 0 aliphatic rings. The third-order valence-electron chi connectivity index (χ3n) is 23.4. The summed E-state index contributed by atoms with van der Waals surface area (Å²) in [7, 11) is 6.54. The average Bonchev–Trinajstić information content (AvgIpc) is 1.68. The molecule has 0 aliphatic carbocycles. The van der Waals surface area contributed by atoms with Gasteiger partial charge in [0.1, 0.15) is 56.8 Å². The SMILES string of the molecule is CC(=O)C(C)(C)OCc1cc(-c2cccc(OCC(C)C)c2)n(Cc2ccccc2)n1.COc1cccc(-c2cc(COC(C)(C)C(C)=O)nn2-c2ccc(Cl)cc2)c1.COc1cccc(-c2cc(COC(C)(C)C(C)=O)nn2-c2cccc(Cl)c2)c1.COc1cccc(-c2cc(COC(C)(C)C(C)=O)nn2-c2ccccc2Cl)c1.COc1cccc(-c2cc(COC(C)(C)C(C)=O)nn2-c2ccccn2)c1. The molecule has 0 spiro atoms. The van der Waals surface area contributed by atoms with Crippen molar-refractivity contribution >= 4 is 63.7 Å². The highest BCUT2D eigenvalue weighted by Gasteiger charge is 2.31. The van der Waals surface area contributed by atoms with Gasteiger partial charge < -0.3 is 47.4 Å². The molecule has 742 valence electrons. The Morgan fingerprint density at radius 3 is 1.04 bits per heavy atom. The number of halogens is 3. The predicted octanol–water partition coefficient (Wildman–Crippen LogP) is 24.6. The largest absolute Gasteiger partial charge is 0.497 e. The number of ketones is 5. The molecule has 15 rings (SSSR count). The molecule has 0 radical (unpaired) electrons. The van der Waals surface area contributed by atoms with E-state index < -0.39 is 28.0 Å². The lowest BCUT2D eigenvalue weighted by Crippen LogP contribution is -2.32. The van der Waals surface area contributed by atoms with Crippen molar-refractivity contribution in [2.75, 3.05) is 35.0 Å². The van der Waals surface area contributed by atoms with Gasteiger partial charge in [0.15, 0.2) is 34.7 Å². The Hall–Kier alpha value is -13.8. The first-order chi connectivity index (χ1) is 67.6. The molecule has 0 saturated heterocycles. The van der Waals surface area contributed by atoms with Gasteiger partial charge in [-0.2, -0.15) is 25.5 Å². The number of nitrogens with zero attached hydrogens (tertiary/aromatic N) is 11. The number of hydrogen-bond donors (Lipinski definition) is 0. The first kappa shape index (κ1) is 109. The summed E-state index contributed by atoms with van der Waals surface area (Å²) in [4.78, 5) is 63.1. The maximum atomic E-state index is 11.8. The van der Waals surface area contributed by atoms with Crippen LogP contribution in [-0.2, 0) is 87.2 Å². The molecular formula is C113H124Cl3N11O15. The second-order valence-corrected chi connectivity index (χ2v) is 37.7. The van der Waals surface area contributed by atoms with Crippen LogP contribution in [0.4, 0.5) is 0 Å². The minimum atomic E-state index is -0.871. The normalized spacial score (nSPS) is 11.5. The zero-order valence-corrected chi connectivity index (χ0v) is 86.5. The van der Waals surface area contributed by atoms with Gasteiger partial charge in [-0.3, -0.25) is 28.7 Å². The fourth-order valence-corrected chi connectivity index (χ4v) is 14.0. The Bertz CT molecular complexity index is 6780. The molecule has 6 heterocycles. The number of aromatic nitrogens is 11. The Morgan fingerprint density at radius 1 is 0.317 bits per heavy atom. The Kier molecular flexibility index (Phi) is 37.9. The van der Waals surface area contributed by atoms with Gasteiger partial charge >= 0.3 is 0 Å². The fraction of sp³-hybridized carbons (Fsp3) is 0.301. The molecule has 29 heteroatoms. The van der Waals surface area contributed by atoms with E-state index in [-0.39, 0.29) is 62.0 Å². The van der Waals surface area contributed by atoms with Crippen molar-refractivity contribution in [1.82, 2.24) is 53.9 Å². The lowest BCUT2D eigenvalue weighted by Gasteiger charge is -2.21. The van der Waals surface area contributed by atoms with Crippen LogP contribution < -0.4 is 23.7 Å². The van der Waals surface area contributed by atoms with Crippen LogP contribution in [0.25, 0.3) is 79.2 Å². The predicted molar refractivity (Wildman–Crippen MR) is 556 cm³/mol. The summed E-state index contributed by atoms with van der Waals surface area (Å²) >= 11 is 18.6. The van der Waals surface area contributed by atoms with E-state index in [2.05, 4.69) is 42.1 Å². The number of pyridine rings is 1. The third-order valence-corrected chi connectivity index (χ3v) is 24.2. The Balaban J connectivity index is 0.000000170. The van der Waals surface area contributed by atoms with Gasteiger partial charge in [-0.15, -0.1) is 0 Å². The molecule has 6 aromatic heterocycles. The first-order valence-electron chi connectivity index (χ1n) is 46.3. The number of para-hydroxylation sites is 1. The van der Waals surface area contributed by atoms with Crippen LogP contribution in [0.5, 0.6) is 28.7 Å². The number of benzene rings is 9. The monoisotopic (exact) mass is 1980 g/mol. The zero-order chi connectivity index (χ0) is 103. The number of carbonyl (C=O) groups is 5. The quantitative estimate of drug-likeness (QED) is 0.0347. The van der Waals surface area contributed by atoms with E-state index in [4.69, 9.17) is 103 Å². The van der Waals surface area contributed by atoms with Crippen LogP contribution in [-0.4, -0.2) is 146 Å². The van der Waals surface area contributed by atoms with Gasteiger partial charge in [-0.05, 0) is 273 Å². The maximum absolute atomic E-state index is 11.8. The van der Waals surface area contributed by atoms with Crippen LogP contribution in [0, 0.1) is 5.92 Å². The molecule has 142 heavy (non-hydrogen) atoms. The van der Waals surface area contributed by atoms with E-state index >= 15 is 0 Å². The van der Waals surface area contributed by atoms with Gasteiger partial charge in [0.2, 0.25) is 0 Å². The van der Waals surface area contributed by atoms with Crippen molar-refractivity contribution in [3.05, 3.63) is 328 Å². The van der Waals surface area contributed by atoms with Crippen molar-refractivity contribution in [3.8, 4) is 108 Å². The molecular weight excluding hydrogens is 1860 g/mol. The van der Waals surface area contributed by atoms with Crippen LogP contribution >= 0.6 is 34.8 Å². The number of hydrogen-bond acceptors (Lipinski definition) is 21. The second kappa shape index (κ2) is 49.5. The standard InChI is InChI=1S/C26H32N2O3.3C22H23ClN2O3.C21H23N3O3/c1-19(2)17-30-24-13-9-12-22(14-24)25-15-23(18-31-26(4,5)20(3)29)27-28(25)16-21-10-7-6-8-11-21;1-15(26)22(2,3)28-14-18-13-21(16-7-5-10-20(11-16)27-4)25(24-18)19-9-6-8-17(23)12-19;1-15(26)22(2,3)28-14-17-13-21(16-8-7-9-18(12-16)27-4)25(24-17)20-11-6-5-10-19(20)23;1-15(26)22(2,3)28-14-18-13-21(16-6-5-7-20(12-16)27-4)25(24-18)19-10-8-17(23)9-11-19;1-15(25)21(2,3)27-14-17-13-19(16-8-7-9-18(12-16)26-4)24(23-17)20-10-5-6-11-22-20/h6-15,19H,16-18H2,1-5H3;3*5-13H,14H2,1-4H3;5-13H,14H2,1-4H3. The van der Waals surface area contributed by atoms with Crippen LogP contribution in [0.1, 0.15) is 152 Å². The number of Topliss-reactive ketones (excluding diaryl/α,β-unsaturated/α-hetero) is 5. The number of methoxy groups -OCH3 is 4. The summed E-state index contributed by atoms with van der Waals surface area (Å²) in [5, 5.41) is 25.4. The third kappa shape index (κ3) is 30.1. The number of carbonyl (C=O) groups excluding carboxylic acids is 5. The van der Waals surface area contributed by atoms with E-state index in [9.17, 15) is 24.0 Å². The molecule has 0 aliphatic heterocycles. The molecule has 9 aromatic carbocycles.